The van der Waals surface area contributed by atoms with E-state index in [1.54, 1.807) is 0 Å². The third-order valence-electron chi connectivity index (χ3n) is 4.67. The van der Waals surface area contributed by atoms with Crippen LogP contribution >= 0.6 is 0 Å². The Labute approximate surface area is 104 Å². The third-order valence-corrected chi connectivity index (χ3v) is 4.67. The highest BCUT2D eigenvalue weighted by Gasteiger charge is 2.37. The second-order valence-electron chi connectivity index (χ2n) is 5.56. The number of nitrogens with two attached hydrogens (primary N) is 1. The molecule has 1 aliphatic carbocycles. The molecule has 2 N–H and O–H groups in total. The van der Waals surface area contributed by atoms with Crippen molar-refractivity contribution in [1.29, 1.82) is 0 Å². The summed E-state index contributed by atoms with van der Waals surface area (Å²) in [5.41, 5.74) is 9.20. The van der Waals surface area contributed by atoms with Gasteiger partial charge < -0.3 is 10.6 Å². The van der Waals surface area contributed by atoms with Gasteiger partial charge in [-0.1, -0.05) is 37.5 Å². The van der Waals surface area contributed by atoms with Gasteiger partial charge >= 0.3 is 0 Å². The molecule has 1 saturated carbocycles. The van der Waals surface area contributed by atoms with Gasteiger partial charge in [-0.3, -0.25) is 0 Å². The molecule has 0 spiro atoms. The fraction of sp³-hybridized carbons (Fsp3) is 0.600. The van der Waals surface area contributed by atoms with Crippen molar-refractivity contribution in [1.82, 2.24) is 0 Å². The fourth-order valence-corrected chi connectivity index (χ4v) is 3.72. The molecule has 17 heavy (non-hydrogen) atoms. The monoisotopic (exact) mass is 230 g/mol. The molecule has 1 heterocycles. The largest absolute Gasteiger partial charge is 0.371 e. The summed E-state index contributed by atoms with van der Waals surface area (Å²) in [7, 11) is 2.24. The van der Waals surface area contributed by atoms with Crippen LogP contribution in [0.1, 0.15) is 43.7 Å². The van der Waals surface area contributed by atoms with Crippen molar-refractivity contribution >= 4 is 5.69 Å². The van der Waals surface area contributed by atoms with Crippen molar-refractivity contribution in [3.8, 4) is 0 Å². The molecule has 0 bridgehead atoms. The highest BCUT2D eigenvalue weighted by Crippen LogP contribution is 2.43. The number of nitrogens with zero attached hydrogens (tertiary/aromatic N) is 1. The first-order valence-electron chi connectivity index (χ1n) is 6.86. The van der Waals surface area contributed by atoms with Gasteiger partial charge in [-0.05, 0) is 30.4 Å². The van der Waals surface area contributed by atoms with Gasteiger partial charge in [0.1, 0.15) is 0 Å². The Morgan fingerprint density at radius 2 is 1.88 bits per heavy atom. The minimum Gasteiger partial charge on any atom is -0.371 e. The summed E-state index contributed by atoms with van der Waals surface area (Å²) >= 11 is 0. The maximum Gasteiger partial charge on any atom is 0.0414 e. The summed E-state index contributed by atoms with van der Waals surface area (Å²) in [6.07, 6.45) is 6.70. The van der Waals surface area contributed by atoms with E-state index >= 15 is 0 Å². The van der Waals surface area contributed by atoms with Crippen molar-refractivity contribution in [3.63, 3.8) is 0 Å². The summed E-state index contributed by atoms with van der Waals surface area (Å²) in [6.45, 7) is 0. The lowest BCUT2D eigenvalue weighted by molar-refractivity contribution is 0.311. The Balaban J connectivity index is 2.02. The summed E-state index contributed by atoms with van der Waals surface area (Å²) in [6, 6.07) is 9.56. The first-order valence-corrected chi connectivity index (χ1v) is 6.86. The number of hydrogen-bond donors (Lipinski definition) is 1. The molecule has 3 rings (SSSR count). The smallest absolute Gasteiger partial charge is 0.0414 e. The minimum atomic E-state index is 0.241. The Bertz CT molecular complexity index is 365. The van der Waals surface area contributed by atoms with E-state index in [2.05, 4.69) is 36.2 Å². The van der Waals surface area contributed by atoms with Gasteiger partial charge in [0.25, 0.3) is 0 Å². The van der Waals surface area contributed by atoms with E-state index < -0.39 is 0 Å². The number of hydrogen-bond acceptors (Lipinski definition) is 2. The molecule has 3 atom stereocenters. The molecule has 0 saturated heterocycles. The van der Waals surface area contributed by atoms with Crippen LogP contribution in [-0.2, 0) is 0 Å². The first kappa shape index (κ1) is 11.1. The Hall–Kier alpha value is -1.02. The van der Waals surface area contributed by atoms with Gasteiger partial charge in [0.05, 0.1) is 0 Å². The van der Waals surface area contributed by atoms with Crippen LogP contribution in [0.2, 0.25) is 0 Å². The van der Waals surface area contributed by atoms with Crippen molar-refractivity contribution in [2.45, 2.75) is 44.2 Å². The molecular weight excluding hydrogens is 208 g/mol. The van der Waals surface area contributed by atoms with Crippen molar-refractivity contribution in [3.05, 3.63) is 29.8 Å². The number of benzene rings is 1. The average molecular weight is 230 g/mol. The minimum absolute atomic E-state index is 0.241. The molecule has 1 aromatic carbocycles. The zero-order chi connectivity index (χ0) is 11.8. The number of para-hydroxylation sites is 1. The van der Waals surface area contributed by atoms with Crippen LogP contribution in [-0.4, -0.2) is 13.1 Å². The van der Waals surface area contributed by atoms with E-state index in [0.29, 0.717) is 12.0 Å². The SMILES string of the molecule is CN1c2ccccc2C(N)C2CCCCCC21. The molecule has 2 nitrogen and oxygen atoms in total. The van der Waals surface area contributed by atoms with Crippen molar-refractivity contribution < 1.29 is 0 Å². The zero-order valence-corrected chi connectivity index (χ0v) is 10.6. The number of rotatable bonds is 0. The molecule has 1 fully saturated rings. The molecule has 0 amide bonds. The van der Waals surface area contributed by atoms with E-state index in [9.17, 15) is 0 Å². The molecule has 92 valence electrons. The maximum atomic E-state index is 6.51. The second kappa shape index (κ2) is 4.34. The summed E-state index contributed by atoms with van der Waals surface area (Å²) in [5.74, 6) is 0.650. The third kappa shape index (κ3) is 1.75. The number of anilines is 1. The van der Waals surface area contributed by atoms with Gasteiger partial charge in [0.2, 0.25) is 0 Å². The predicted molar refractivity (Wildman–Crippen MR) is 72.1 cm³/mol. The second-order valence-corrected chi connectivity index (χ2v) is 5.56. The van der Waals surface area contributed by atoms with Crippen LogP contribution in [0, 0.1) is 5.92 Å². The Kier molecular flexibility index (Phi) is 2.83. The van der Waals surface area contributed by atoms with Gasteiger partial charge in [-0.2, -0.15) is 0 Å². The molecule has 2 aliphatic rings. The van der Waals surface area contributed by atoms with Crippen LogP contribution in [0.5, 0.6) is 0 Å². The standard InChI is InChI=1S/C15H22N2/c1-17-13-9-4-2-3-7-11(13)15(16)12-8-5-6-10-14(12)17/h5-6,8,10-11,13,15H,2-4,7,9,16H2,1H3. The van der Waals surface area contributed by atoms with E-state index in [-0.39, 0.29) is 6.04 Å². The molecule has 1 aliphatic heterocycles. The molecule has 3 unspecified atom stereocenters. The molecular formula is C15H22N2. The zero-order valence-electron chi connectivity index (χ0n) is 10.6. The van der Waals surface area contributed by atoms with E-state index in [4.69, 9.17) is 5.73 Å². The van der Waals surface area contributed by atoms with Gasteiger partial charge in [-0.15, -0.1) is 0 Å². The van der Waals surface area contributed by atoms with Crippen LogP contribution < -0.4 is 10.6 Å². The van der Waals surface area contributed by atoms with Crippen LogP contribution in [0.3, 0.4) is 0 Å². The van der Waals surface area contributed by atoms with Crippen molar-refractivity contribution in [2.75, 3.05) is 11.9 Å². The summed E-state index contributed by atoms with van der Waals surface area (Å²) in [4.78, 5) is 2.48. The first-order chi connectivity index (χ1) is 8.29. The molecule has 1 aromatic rings. The normalized spacial score (nSPS) is 32.6. The van der Waals surface area contributed by atoms with Crippen molar-refractivity contribution in [2.24, 2.45) is 11.7 Å². The molecule has 0 radical (unpaired) electrons. The topological polar surface area (TPSA) is 29.3 Å². The van der Waals surface area contributed by atoms with Gasteiger partial charge in [0, 0.05) is 24.8 Å². The highest BCUT2D eigenvalue weighted by atomic mass is 15.2. The van der Waals surface area contributed by atoms with Crippen LogP contribution in [0.4, 0.5) is 5.69 Å². The Morgan fingerprint density at radius 3 is 2.76 bits per heavy atom. The number of fused-ring (bicyclic) bond motifs is 2. The molecule has 0 aromatic heterocycles. The lowest BCUT2D eigenvalue weighted by Gasteiger charge is -2.44. The fourth-order valence-electron chi connectivity index (χ4n) is 3.72. The summed E-state index contributed by atoms with van der Waals surface area (Å²) in [5, 5.41) is 0. The van der Waals surface area contributed by atoms with Crippen LogP contribution in [0.25, 0.3) is 0 Å². The van der Waals surface area contributed by atoms with Gasteiger partial charge in [-0.25, -0.2) is 0 Å². The highest BCUT2D eigenvalue weighted by molar-refractivity contribution is 5.58. The Morgan fingerprint density at radius 1 is 1.12 bits per heavy atom. The lowest BCUT2D eigenvalue weighted by atomic mass is 9.79. The van der Waals surface area contributed by atoms with E-state index in [0.717, 1.165) is 0 Å². The summed E-state index contributed by atoms with van der Waals surface area (Å²) < 4.78 is 0. The maximum absolute atomic E-state index is 6.51. The lowest BCUT2D eigenvalue weighted by Crippen LogP contribution is -2.46. The van der Waals surface area contributed by atoms with E-state index in [1.807, 2.05) is 0 Å². The van der Waals surface area contributed by atoms with Gasteiger partial charge in [0.15, 0.2) is 0 Å². The van der Waals surface area contributed by atoms with Crippen LogP contribution in [0.15, 0.2) is 24.3 Å². The van der Waals surface area contributed by atoms with E-state index in [1.165, 1.54) is 43.4 Å². The predicted octanol–water partition coefficient (Wildman–Crippen LogP) is 3.09. The quantitative estimate of drug-likeness (QED) is 0.742. The average Bonchev–Trinajstić information content (AvgIpc) is 2.62. The molecule has 2 heteroatoms.